The van der Waals surface area contributed by atoms with Gasteiger partial charge in [-0.3, -0.25) is 0 Å². The Balaban J connectivity index is 1.76. The van der Waals surface area contributed by atoms with Crippen molar-refractivity contribution in [3.63, 3.8) is 0 Å². The van der Waals surface area contributed by atoms with E-state index in [1.165, 1.54) is 11.1 Å². The molecular weight excluding hydrogens is 290 g/mol. The van der Waals surface area contributed by atoms with Gasteiger partial charge in [-0.2, -0.15) is 0 Å². The molecule has 120 valence electrons. The second-order valence-electron chi connectivity index (χ2n) is 7.85. The first-order chi connectivity index (χ1) is 11.2. The Kier molecular flexibility index (Phi) is 2.10. The summed E-state index contributed by atoms with van der Waals surface area (Å²) in [5.41, 5.74) is 2.12. The topological polar surface area (TPSA) is 41.9 Å². The summed E-state index contributed by atoms with van der Waals surface area (Å²) < 4.78 is 12.6. The molecule has 0 saturated carbocycles. The number of hydrogen-bond donors (Lipinski definition) is 1. The third-order valence-corrected chi connectivity index (χ3v) is 7.24. The van der Waals surface area contributed by atoms with Crippen LogP contribution in [0.4, 0.5) is 0 Å². The Morgan fingerprint density at radius 2 is 2.17 bits per heavy atom. The van der Waals surface area contributed by atoms with Gasteiger partial charge in [0.2, 0.25) is 0 Å². The summed E-state index contributed by atoms with van der Waals surface area (Å²) >= 11 is 0. The largest absolute Gasteiger partial charge is 0.490 e. The number of likely N-dealkylation sites (N-methyl/N-ethyl adjacent to an activating group) is 1. The molecule has 2 spiro atoms. The molecule has 5 atom stereocenters. The van der Waals surface area contributed by atoms with Gasteiger partial charge >= 0.3 is 0 Å². The SMILES string of the molecule is CN1CC[C@]23c4c5ccc6c4O[C@@]2(CCO6)[C@@H](O)C=C[C@H]3[C@H]1C5. The molecule has 0 radical (unpaired) electrons. The monoisotopic (exact) mass is 311 g/mol. The molecule has 3 heterocycles. The van der Waals surface area contributed by atoms with E-state index in [1.54, 1.807) is 0 Å². The van der Waals surface area contributed by atoms with E-state index in [9.17, 15) is 5.11 Å². The van der Waals surface area contributed by atoms with Gasteiger partial charge in [0.15, 0.2) is 17.1 Å². The molecule has 1 fully saturated rings. The van der Waals surface area contributed by atoms with Crippen molar-refractivity contribution in [2.45, 2.75) is 42.4 Å². The summed E-state index contributed by atoms with van der Waals surface area (Å²) in [5.74, 6) is 2.22. The molecule has 4 heteroatoms. The van der Waals surface area contributed by atoms with Crippen LogP contribution in [0.3, 0.4) is 0 Å². The van der Waals surface area contributed by atoms with Crippen molar-refractivity contribution < 1.29 is 14.6 Å². The van der Waals surface area contributed by atoms with E-state index in [-0.39, 0.29) is 5.41 Å². The Labute approximate surface area is 135 Å². The zero-order valence-corrected chi connectivity index (χ0v) is 13.3. The number of hydrogen-bond acceptors (Lipinski definition) is 4. The first-order valence-corrected chi connectivity index (χ1v) is 8.72. The molecule has 5 aliphatic rings. The van der Waals surface area contributed by atoms with Gasteiger partial charge in [-0.15, -0.1) is 0 Å². The minimum absolute atomic E-state index is 0.0823. The lowest BCUT2D eigenvalue weighted by atomic mass is 9.48. The zero-order valence-electron chi connectivity index (χ0n) is 13.3. The molecule has 4 bridgehead atoms. The molecule has 4 nitrogen and oxygen atoms in total. The van der Waals surface area contributed by atoms with Gasteiger partial charge < -0.3 is 19.5 Å². The quantitative estimate of drug-likeness (QED) is 0.740. The van der Waals surface area contributed by atoms with E-state index in [1.807, 2.05) is 6.08 Å². The van der Waals surface area contributed by atoms with Crippen LogP contribution in [0.5, 0.6) is 11.5 Å². The number of likely N-dealkylation sites (tertiary alicyclic amines) is 1. The molecule has 1 aromatic rings. The van der Waals surface area contributed by atoms with E-state index >= 15 is 0 Å². The lowest BCUT2D eigenvalue weighted by Crippen LogP contribution is -2.71. The van der Waals surface area contributed by atoms with Crippen LogP contribution < -0.4 is 9.47 Å². The second-order valence-corrected chi connectivity index (χ2v) is 7.85. The molecule has 1 saturated heterocycles. The molecule has 1 aromatic carbocycles. The fraction of sp³-hybridized carbons (Fsp3) is 0.579. The minimum atomic E-state index is -0.560. The molecule has 6 rings (SSSR count). The lowest BCUT2D eigenvalue weighted by molar-refractivity contribution is -0.125. The standard InChI is InChI=1S/C19H21NO3/c1-20-8-6-18-12-3-5-15(21)19(18)7-9-22-14-4-2-11(10-13(12)20)16(18)17(14)23-19/h2-5,12-13,15,21H,6-10H2,1H3/t12-,13+,15-,18-,19-/m0/s1. The van der Waals surface area contributed by atoms with Crippen LogP contribution >= 0.6 is 0 Å². The van der Waals surface area contributed by atoms with Crippen molar-refractivity contribution in [2.75, 3.05) is 20.2 Å². The highest BCUT2D eigenvalue weighted by Crippen LogP contribution is 2.68. The van der Waals surface area contributed by atoms with Crippen molar-refractivity contribution >= 4 is 0 Å². The summed E-state index contributed by atoms with van der Waals surface area (Å²) in [6, 6.07) is 4.80. The first-order valence-electron chi connectivity index (χ1n) is 8.72. The van der Waals surface area contributed by atoms with Crippen molar-refractivity contribution in [1.29, 1.82) is 0 Å². The van der Waals surface area contributed by atoms with E-state index in [0.29, 0.717) is 18.6 Å². The van der Waals surface area contributed by atoms with Crippen LogP contribution in [0, 0.1) is 5.92 Å². The fourth-order valence-corrected chi connectivity index (χ4v) is 6.28. The average Bonchev–Trinajstić information content (AvgIpc) is 2.71. The van der Waals surface area contributed by atoms with Crippen molar-refractivity contribution in [3.8, 4) is 11.5 Å². The van der Waals surface area contributed by atoms with Crippen LogP contribution in [0.2, 0.25) is 0 Å². The second kappa shape index (κ2) is 3.76. The normalized spacial score (nSPS) is 45.2. The fourth-order valence-electron chi connectivity index (χ4n) is 6.28. The maximum absolute atomic E-state index is 11.0. The Hall–Kier alpha value is -1.52. The summed E-state index contributed by atoms with van der Waals surface area (Å²) in [6.07, 6.45) is 6.57. The maximum Gasteiger partial charge on any atom is 0.166 e. The predicted octanol–water partition coefficient (Wildman–Crippen LogP) is 1.65. The minimum Gasteiger partial charge on any atom is -0.490 e. The number of ether oxygens (including phenoxy) is 2. The number of aliphatic hydroxyl groups excluding tert-OH is 1. The van der Waals surface area contributed by atoms with Crippen LogP contribution in [-0.2, 0) is 11.8 Å². The lowest BCUT2D eigenvalue weighted by Gasteiger charge is -2.61. The molecule has 1 N–H and O–H groups in total. The Morgan fingerprint density at radius 1 is 1.26 bits per heavy atom. The zero-order chi connectivity index (χ0) is 15.4. The van der Waals surface area contributed by atoms with E-state index < -0.39 is 11.7 Å². The summed E-state index contributed by atoms with van der Waals surface area (Å²) in [6.45, 7) is 1.68. The molecule has 0 unspecified atom stereocenters. The van der Waals surface area contributed by atoms with E-state index in [2.05, 4.69) is 30.2 Å². The summed E-state index contributed by atoms with van der Waals surface area (Å²) in [4.78, 5) is 2.50. The number of aliphatic hydroxyl groups is 1. The highest BCUT2D eigenvalue weighted by Gasteiger charge is 2.72. The Morgan fingerprint density at radius 3 is 3.09 bits per heavy atom. The van der Waals surface area contributed by atoms with Gasteiger partial charge in [0.1, 0.15) is 6.10 Å². The van der Waals surface area contributed by atoms with Gasteiger partial charge in [0.05, 0.1) is 12.0 Å². The maximum atomic E-state index is 11.0. The van der Waals surface area contributed by atoms with Gasteiger partial charge in [0.25, 0.3) is 0 Å². The van der Waals surface area contributed by atoms with Gasteiger partial charge in [-0.05, 0) is 38.1 Å². The van der Waals surface area contributed by atoms with E-state index in [0.717, 1.165) is 37.3 Å². The average molecular weight is 311 g/mol. The number of piperidine rings is 1. The molecule has 2 aliphatic carbocycles. The molecule has 0 aromatic heterocycles. The smallest absolute Gasteiger partial charge is 0.166 e. The third-order valence-electron chi connectivity index (χ3n) is 7.24. The number of benzene rings is 1. The molecule has 0 amide bonds. The first kappa shape index (κ1) is 12.8. The van der Waals surface area contributed by atoms with Crippen molar-refractivity contribution in [2.24, 2.45) is 5.92 Å². The van der Waals surface area contributed by atoms with Gasteiger partial charge in [-0.25, -0.2) is 0 Å². The predicted molar refractivity (Wildman–Crippen MR) is 85.0 cm³/mol. The van der Waals surface area contributed by atoms with Crippen LogP contribution in [0.1, 0.15) is 24.0 Å². The summed E-state index contributed by atoms with van der Waals surface area (Å²) in [7, 11) is 2.24. The van der Waals surface area contributed by atoms with Crippen LogP contribution in [-0.4, -0.2) is 48.0 Å². The third kappa shape index (κ3) is 1.17. The van der Waals surface area contributed by atoms with E-state index in [4.69, 9.17) is 9.47 Å². The van der Waals surface area contributed by atoms with Crippen LogP contribution in [0.25, 0.3) is 0 Å². The van der Waals surface area contributed by atoms with Crippen molar-refractivity contribution in [3.05, 3.63) is 35.4 Å². The Bertz CT molecular complexity index is 759. The highest BCUT2D eigenvalue weighted by molar-refractivity contribution is 5.64. The van der Waals surface area contributed by atoms with Crippen LogP contribution in [0.15, 0.2) is 24.3 Å². The molecule has 3 aliphatic heterocycles. The van der Waals surface area contributed by atoms with Crippen molar-refractivity contribution in [1.82, 2.24) is 4.90 Å². The molecular formula is C19H21NO3. The highest BCUT2D eigenvalue weighted by atomic mass is 16.6. The van der Waals surface area contributed by atoms with Gasteiger partial charge in [-0.1, -0.05) is 18.2 Å². The summed E-state index contributed by atoms with van der Waals surface area (Å²) in [5, 5.41) is 11.0. The number of nitrogens with zero attached hydrogens (tertiary/aromatic N) is 1. The number of rotatable bonds is 0. The van der Waals surface area contributed by atoms with Gasteiger partial charge in [0, 0.05) is 23.9 Å². The molecule has 23 heavy (non-hydrogen) atoms.